The van der Waals surface area contributed by atoms with Gasteiger partial charge in [0, 0.05) is 64.4 Å². The van der Waals surface area contributed by atoms with Crippen LogP contribution >= 0.6 is 0 Å². The fourth-order valence-electron chi connectivity index (χ4n) is 4.28. The lowest BCUT2D eigenvalue weighted by Gasteiger charge is -2.38. The first-order chi connectivity index (χ1) is 14.7. The number of amides is 2. The number of nitrogens with one attached hydrogen (secondary N) is 1. The number of benzene rings is 1. The van der Waals surface area contributed by atoms with Gasteiger partial charge in [0.2, 0.25) is 11.8 Å². The molecule has 0 saturated carbocycles. The molecule has 2 heterocycles. The summed E-state index contributed by atoms with van der Waals surface area (Å²) in [5.74, 6) is 0.265. The van der Waals surface area contributed by atoms with Crippen LogP contribution in [0.3, 0.4) is 0 Å². The third-order valence-corrected chi connectivity index (χ3v) is 5.92. The Balaban J connectivity index is 1.35. The lowest BCUT2D eigenvalue weighted by atomic mass is 10.1. The molecule has 1 aromatic rings. The van der Waals surface area contributed by atoms with E-state index < -0.39 is 0 Å². The van der Waals surface area contributed by atoms with Crippen molar-refractivity contribution in [3.63, 3.8) is 0 Å². The highest BCUT2D eigenvalue weighted by atomic mass is 16.2. The lowest BCUT2D eigenvalue weighted by molar-refractivity contribution is -0.135. The summed E-state index contributed by atoms with van der Waals surface area (Å²) in [6, 6.07) is 8.70. The first-order valence-corrected chi connectivity index (χ1v) is 11.5. The number of nitrogens with zero attached hydrogens (tertiary/aromatic N) is 4. The molecule has 0 spiro atoms. The Morgan fingerprint density at radius 2 is 1.45 bits per heavy atom. The second kappa shape index (κ2) is 10.6. The van der Waals surface area contributed by atoms with E-state index in [2.05, 4.69) is 51.2 Å². The van der Waals surface area contributed by atoms with Crippen molar-refractivity contribution in [1.82, 2.24) is 24.9 Å². The van der Waals surface area contributed by atoms with Crippen LogP contribution in [0.25, 0.3) is 0 Å². The van der Waals surface area contributed by atoms with Crippen molar-refractivity contribution >= 4 is 11.8 Å². The van der Waals surface area contributed by atoms with Crippen LogP contribution in [0.2, 0.25) is 0 Å². The van der Waals surface area contributed by atoms with Crippen LogP contribution in [0.4, 0.5) is 0 Å². The third-order valence-electron chi connectivity index (χ3n) is 5.92. The molecule has 0 aliphatic carbocycles. The second-order valence-corrected chi connectivity index (χ2v) is 10.00. The molecule has 7 nitrogen and oxygen atoms in total. The highest BCUT2D eigenvalue weighted by Gasteiger charge is 2.26. The molecular formula is C24H39N5O2. The molecule has 1 N–H and O–H groups in total. The van der Waals surface area contributed by atoms with E-state index in [9.17, 15) is 9.59 Å². The molecule has 3 rings (SSSR count). The lowest BCUT2D eigenvalue weighted by Crippen LogP contribution is -2.55. The number of hydrogen-bond acceptors (Lipinski definition) is 5. The average Bonchev–Trinajstić information content (AvgIpc) is 2.68. The standard InChI is InChI=1S/C24H39N5O2/c1-20-6-5-7-21(16-20)17-26-8-10-28(11-9-26)19-23(31)29-14-12-27(13-15-29)18-22(30)25-24(2,3)4/h5-7,16H,8-15,17-19H2,1-4H3,(H,25,30). The fraction of sp³-hybridized carbons (Fsp3) is 0.667. The Hall–Kier alpha value is -1.96. The molecule has 0 unspecified atom stereocenters. The largest absolute Gasteiger partial charge is 0.350 e. The monoisotopic (exact) mass is 429 g/mol. The van der Waals surface area contributed by atoms with Crippen molar-refractivity contribution in [3.05, 3.63) is 35.4 Å². The topological polar surface area (TPSA) is 59.1 Å². The van der Waals surface area contributed by atoms with Crippen LogP contribution in [0.15, 0.2) is 24.3 Å². The van der Waals surface area contributed by atoms with Gasteiger partial charge in [0.15, 0.2) is 0 Å². The van der Waals surface area contributed by atoms with E-state index in [-0.39, 0.29) is 17.4 Å². The van der Waals surface area contributed by atoms with Gasteiger partial charge in [-0.1, -0.05) is 29.8 Å². The number of carbonyl (C=O) groups is 2. The van der Waals surface area contributed by atoms with Gasteiger partial charge in [-0.15, -0.1) is 0 Å². The normalized spacial score (nSPS) is 19.4. The number of rotatable bonds is 6. The van der Waals surface area contributed by atoms with Gasteiger partial charge in [-0.05, 0) is 33.3 Å². The van der Waals surface area contributed by atoms with Crippen molar-refractivity contribution in [2.24, 2.45) is 0 Å². The second-order valence-electron chi connectivity index (χ2n) is 10.00. The van der Waals surface area contributed by atoms with Crippen LogP contribution in [0.1, 0.15) is 31.9 Å². The van der Waals surface area contributed by atoms with Crippen LogP contribution in [-0.2, 0) is 16.1 Å². The average molecular weight is 430 g/mol. The third kappa shape index (κ3) is 7.91. The quantitative estimate of drug-likeness (QED) is 0.736. The Bertz CT molecular complexity index is 745. The molecule has 0 radical (unpaired) electrons. The number of piperazine rings is 2. The highest BCUT2D eigenvalue weighted by molar-refractivity contribution is 5.79. The van der Waals surface area contributed by atoms with Gasteiger partial charge >= 0.3 is 0 Å². The zero-order valence-electron chi connectivity index (χ0n) is 19.7. The van der Waals surface area contributed by atoms with Crippen molar-refractivity contribution in [2.45, 2.75) is 39.8 Å². The minimum Gasteiger partial charge on any atom is -0.350 e. The van der Waals surface area contributed by atoms with E-state index in [1.807, 2.05) is 25.7 Å². The van der Waals surface area contributed by atoms with Crippen molar-refractivity contribution in [3.8, 4) is 0 Å². The molecule has 31 heavy (non-hydrogen) atoms. The van der Waals surface area contributed by atoms with Gasteiger partial charge in [-0.3, -0.25) is 24.3 Å². The molecule has 0 aromatic heterocycles. The summed E-state index contributed by atoms with van der Waals surface area (Å²) in [7, 11) is 0. The summed E-state index contributed by atoms with van der Waals surface area (Å²) in [6.45, 7) is 16.8. The number of hydrogen-bond donors (Lipinski definition) is 1. The summed E-state index contributed by atoms with van der Waals surface area (Å²) in [4.78, 5) is 33.7. The predicted octanol–water partition coefficient (Wildman–Crippen LogP) is 1.17. The van der Waals surface area contributed by atoms with E-state index in [1.54, 1.807) is 0 Å². The van der Waals surface area contributed by atoms with Crippen LogP contribution in [0.5, 0.6) is 0 Å². The predicted molar refractivity (Wildman–Crippen MR) is 124 cm³/mol. The van der Waals surface area contributed by atoms with E-state index >= 15 is 0 Å². The first-order valence-electron chi connectivity index (χ1n) is 11.5. The Morgan fingerprint density at radius 3 is 2.06 bits per heavy atom. The molecule has 172 valence electrons. The van der Waals surface area contributed by atoms with Crippen LogP contribution in [-0.4, -0.2) is 102 Å². The zero-order chi connectivity index (χ0) is 22.4. The van der Waals surface area contributed by atoms with Gasteiger partial charge in [0.1, 0.15) is 0 Å². The van der Waals surface area contributed by atoms with E-state index in [4.69, 9.17) is 0 Å². The summed E-state index contributed by atoms with van der Waals surface area (Å²) < 4.78 is 0. The van der Waals surface area contributed by atoms with Gasteiger partial charge in [0.25, 0.3) is 0 Å². The molecule has 2 fully saturated rings. The van der Waals surface area contributed by atoms with E-state index in [0.29, 0.717) is 26.2 Å². The molecule has 2 aliphatic heterocycles. The summed E-state index contributed by atoms with van der Waals surface area (Å²) in [5, 5.41) is 3.00. The molecular weight excluding hydrogens is 390 g/mol. The number of carbonyl (C=O) groups excluding carboxylic acids is 2. The SMILES string of the molecule is Cc1cccc(CN2CCN(CC(=O)N3CCN(CC(=O)NC(C)(C)C)CC3)CC2)c1. The Kier molecular flexibility index (Phi) is 8.08. The molecule has 2 amide bonds. The van der Waals surface area contributed by atoms with Crippen molar-refractivity contribution < 1.29 is 9.59 Å². The minimum atomic E-state index is -0.209. The molecule has 2 saturated heterocycles. The maximum absolute atomic E-state index is 12.8. The van der Waals surface area contributed by atoms with Crippen molar-refractivity contribution in [2.75, 3.05) is 65.4 Å². The van der Waals surface area contributed by atoms with Gasteiger partial charge in [-0.2, -0.15) is 0 Å². The molecule has 1 aromatic carbocycles. The number of aryl methyl sites for hydroxylation is 1. The fourth-order valence-corrected chi connectivity index (χ4v) is 4.28. The maximum Gasteiger partial charge on any atom is 0.236 e. The van der Waals surface area contributed by atoms with Crippen molar-refractivity contribution in [1.29, 1.82) is 0 Å². The first kappa shape index (κ1) is 23.7. The highest BCUT2D eigenvalue weighted by Crippen LogP contribution is 2.11. The summed E-state index contributed by atoms with van der Waals surface area (Å²) >= 11 is 0. The minimum absolute atomic E-state index is 0.0517. The maximum atomic E-state index is 12.8. The van der Waals surface area contributed by atoms with Crippen LogP contribution < -0.4 is 5.32 Å². The molecule has 0 atom stereocenters. The van der Waals surface area contributed by atoms with Crippen LogP contribution in [0, 0.1) is 6.92 Å². The Labute approximate surface area is 187 Å². The van der Waals surface area contributed by atoms with E-state index in [0.717, 1.165) is 45.8 Å². The Morgan fingerprint density at radius 1 is 0.871 bits per heavy atom. The van der Waals surface area contributed by atoms with Gasteiger partial charge in [0.05, 0.1) is 13.1 Å². The van der Waals surface area contributed by atoms with Gasteiger partial charge < -0.3 is 10.2 Å². The summed E-state index contributed by atoms with van der Waals surface area (Å²) in [5.41, 5.74) is 2.45. The zero-order valence-corrected chi connectivity index (χ0v) is 19.7. The van der Waals surface area contributed by atoms with Gasteiger partial charge in [-0.25, -0.2) is 0 Å². The molecule has 0 bridgehead atoms. The molecule has 2 aliphatic rings. The smallest absolute Gasteiger partial charge is 0.236 e. The van der Waals surface area contributed by atoms with E-state index in [1.165, 1.54) is 11.1 Å². The molecule has 7 heteroatoms. The summed E-state index contributed by atoms with van der Waals surface area (Å²) in [6.07, 6.45) is 0.